The molecular formula is C23H25ClN4O4. The van der Waals surface area contributed by atoms with Gasteiger partial charge in [0, 0.05) is 17.8 Å². The highest BCUT2D eigenvalue weighted by molar-refractivity contribution is 6.30. The Morgan fingerprint density at radius 2 is 1.97 bits per heavy atom. The van der Waals surface area contributed by atoms with Crippen LogP contribution in [0.15, 0.2) is 36.8 Å². The van der Waals surface area contributed by atoms with E-state index >= 15 is 0 Å². The zero-order valence-corrected chi connectivity index (χ0v) is 18.7. The van der Waals surface area contributed by atoms with Gasteiger partial charge in [-0.3, -0.25) is 0 Å². The van der Waals surface area contributed by atoms with E-state index in [0.717, 1.165) is 28.8 Å². The molecule has 2 N–H and O–H groups in total. The van der Waals surface area contributed by atoms with Gasteiger partial charge >= 0.3 is 0 Å². The molecule has 2 aromatic heterocycles. The van der Waals surface area contributed by atoms with Crippen molar-refractivity contribution in [1.82, 2.24) is 14.5 Å². The highest BCUT2D eigenvalue weighted by Gasteiger charge is 2.58. The Bertz CT molecular complexity index is 1180. The number of rotatable bonds is 2. The van der Waals surface area contributed by atoms with E-state index in [1.165, 1.54) is 11.9 Å². The molecule has 0 bridgehead atoms. The van der Waals surface area contributed by atoms with Crippen LogP contribution in [0, 0.1) is 0 Å². The van der Waals surface area contributed by atoms with Gasteiger partial charge in [0.15, 0.2) is 12.0 Å². The molecule has 3 aliphatic rings. The summed E-state index contributed by atoms with van der Waals surface area (Å²) >= 11 is 6.28. The minimum Gasteiger partial charge on any atom is -0.383 e. The highest BCUT2D eigenvalue weighted by atomic mass is 35.5. The van der Waals surface area contributed by atoms with Crippen molar-refractivity contribution in [2.24, 2.45) is 0 Å². The van der Waals surface area contributed by atoms with Crippen molar-refractivity contribution >= 4 is 28.5 Å². The second kappa shape index (κ2) is 7.40. The summed E-state index contributed by atoms with van der Waals surface area (Å²) in [6.07, 6.45) is 3.48. The van der Waals surface area contributed by atoms with Gasteiger partial charge in [-0.25, -0.2) is 9.97 Å². The van der Waals surface area contributed by atoms with Gasteiger partial charge in [-0.1, -0.05) is 17.7 Å². The van der Waals surface area contributed by atoms with Gasteiger partial charge in [-0.2, -0.15) is 0 Å². The number of fused-ring (bicyclic) bond motifs is 3. The standard InChI is InChI=1S/C23H25ClN4O4/c1-23(2)31-18-17(16-14-6-5-13(24)10-12(14)4-3-9-29-16)30-22(19(18)32-23)28-8-7-15-20(25)26-11-27-21(15)28/h5-8,10-11,16-19,22H,3-4,9H2,1-2H3,(H2,25,26,27)/t16-,17-,18-,19-,22-/m1/s1. The molecule has 0 unspecified atom stereocenters. The first-order valence-electron chi connectivity index (χ1n) is 10.9. The van der Waals surface area contributed by atoms with E-state index < -0.39 is 12.0 Å². The van der Waals surface area contributed by atoms with Crippen LogP contribution in [0.25, 0.3) is 11.0 Å². The van der Waals surface area contributed by atoms with E-state index in [1.807, 2.05) is 48.9 Å². The third kappa shape index (κ3) is 3.21. The van der Waals surface area contributed by atoms with Crippen LogP contribution in [-0.4, -0.2) is 45.2 Å². The zero-order valence-electron chi connectivity index (χ0n) is 17.9. The summed E-state index contributed by atoms with van der Waals surface area (Å²) in [6.45, 7) is 4.49. The van der Waals surface area contributed by atoms with Gasteiger partial charge in [-0.15, -0.1) is 0 Å². The smallest absolute Gasteiger partial charge is 0.164 e. The number of ether oxygens (including phenoxy) is 4. The number of aryl methyl sites for hydroxylation is 1. The lowest BCUT2D eigenvalue weighted by molar-refractivity contribution is -0.211. The van der Waals surface area contributed by atoms with E-state index in [-0.39, 0.29) is 24.4 Å². The Hall–Kier alpha value is -2.23. The fraction of sp³-hybridized carbons (Fsp3) is 0.478. The number of nitrogens with two attached hydrogens (primary N) is 1. The van der Waals surface area contributed by atoms with Gasteiger partial charge in [-0.05, 0) is 56.0 Å². The number of nitrogens with zero attached hydrogens (tertiary/aromatic N) is 3. The predicted octanol–water partition coefficient (Wildman–Crippen LogP) is 3.79. The number of hydrogen-bond donors (Lipinski definition) is 1. The second-order valence-electron chi connectivity index (χ2n) is 9.01. The maximum Gasteiger partial charge on any atom is 0.164 e. The molecule has 3 aromatic rings. The summed E-state index contributed by atoms with van der Waals surface area (Å²) in [5, 5.41) is 1.50. The molecule has 6 rings (SSSR count). The predicted molar refractivity (Wildman–Crippen MR) is 118 cm³/mol. The number of aromatic nitrogens is 3. The summed E-state index contributed by atoms with van der Waals surface area (Å²) in [5.74, 6) is -0.304. The van der Waals surface area contributed by atoms with Gasteiger partial charge < -0.3 is 29.2 Å². The molecular weight excluding hydrogens is 432 g/mol. The lowest BCUT2D eigenvalue weighted by atomic mass is 9.94. The van der Waals surface area contributed by atoms with Gasteiger partial charge in [0.25, 0.3) is 0 Å². The highest BCUT2D eigenvalue weighted by Crippen LogP contribution is 2.49. The van der Waals surface area contributed by atoms with Crippen molar-refractivity contribution in [2.45, 2.75) is 63.1 Å². The Labute approximate surface area is 190 Å². The fourth-order valence-electron chi connectivity index (χ4n) is 5.17. The number of anilines is 1. The number of halogens is 1. The maximum atomic E-state index is 6.65. The van der Waals surface area contributed by atoms with E-state index in [4.69, 9.17) is 36.3 Å². The van der Waals surface area contributed by atoms with Gasteiger partial charge in [0.2, 0.25) is 0 Å². The van der Waals surface area contributed by atoms with Crippen LogP contribution in [0.5, 0.6) is 0 Å². The van der Waals surface area contributed by atoms with E-state index in [9.17, 15) is 0 Å². The molecule has 3 aliphatic heterocycles. The van der Waals surface area contributed by atoms with Crippen molar-refractivity contribution in [1.29, 1.82) is 0 Å². The SMILES string of the molecule is CC1(C)O[C@H]2[C@@H](O1)[C@H](n1ccc3c(N)ncnc31)O[C@@H]2[C@@H]1OCCCc2cc(Cl)ccc21. The van der Waals surface area contributed by atoms with Gasteiger partial charge in [0.05, 0.1) is 5.39 Å². The van der Waals surface area contributed by atoms with E-state index in [1.54, 1.807) is 0 Å². The van der Waals surface area contributed by atoms with Crippen molar-refractivity contribution < 1.29 is 18.9 Å². The molecule has 32 heavy (non-hydrogen) atoms. The number of hydrogen-bond acceptors (Lipinski definition) is 7. The van der Waals surface area contributed by atoms with Crippen LogP contribution in [0.2, 0.25) is 5.02 Å². The molecule has 8 nitrogen and oxygen atoms in total. The van der Waals surface area contributed by atoms with Crippen molar-refractivity contribution in [3.63, 3.8) is 0 Å². The Balaban J connectivity index is 1.42. The van der Waals surface area contributed by atoms with Crippen LogP contribution in [-0.2, 0) is 25.4 Å². The molecule has 5 heterocycles. The quantitative estimate of drug-likeness (QED) is 0.627. The van der Waals surface area contributed by atoms with Crippen LogP contribution >= 0.6 is 11.6 Å². The first kappa shape index (κ1) is 20.4. The first-order valence-corrected chi connectivity index (χ1v) is 11.3. The van der Waals surface area contributed by atoms with E-state index in [2.05, 4.69) is 9.97 Å². The normalized spacial score (nSPS) is 31.4. The minimum absolute atomic E-state index is 0.290. The molecule has 9 heteroatoms. The molecule has 0 saturated carbocycles. The third-order valence-corrected chi connectivity index (χ3v) is 6.71. The Kier molecular flexibility index (Phi) is 4.71. The Morgan fingerprint density at radius 1 is 1.12 bits per heavy atom. The molecule has 0 aliphatic carbocycles. The Morgan fingerprint density at radius 3 is 2.84 bits per heavy atom. The molecule has 0 amide bonds. The zero-order chi connectivity index (χ0) is 22.0. The number of nitrogen functional groups attached to an aromatic ring is 1. The van der Waals surface area contributed by atoms with Crippen LogP contribution in [0.3, 0.4) is 0 Å². The minimum atomic E-state index is -0.736. The van der Waals surface area contributed by atoms with Crippen molar-refractivity contribution in [3.8, 4) is 0 Å². The topological polar surface area (TPSA) is 93.7 Å². The summed E-state index contributed by atoms with van der Waals surface area (Å²) in [7, 11) is 0. The van der Waals surface area contributed by atoms with Gasteiger partial charge in [0.1, 0.15) is 42.2 Å². The summed E-state index contributed by atoms with van der Waals surface area (Å²) in [6, 6.07) is 7.87. The third-order valence-electron chi connectivity index (χ3n) is 6.48. The lowest BCUT2D eigenvalue weighted by Crippen LogP contribution is -2.35. The maximum absolute atomic E-state index is 6.65. The fourth-order valence-corrected chi connectivity index (χ4v) is 5.37. The first-order chi connectivity index (χ1) is 15.4. The van der Waals surface area contributed by atoms with Crippen LogP contribution < -0.4 is 5.73 Å². The van der Waals surface area contributed by atoms with Crippen LogP contribution in [0.4, 0.5) is 5.82 Å². The van der Waals surface area contributed by atoms with E-state index in [0.29, 0.717) is 18.1 Å². The molecule has 2 saturated heterocycles. The summed E-state index contributed by atoms with van der Waals surface area (Å²) in [5.41, 5.74) is 9.03. The largest absolute Gasteiger partial charge is 0.383 e. The van der Waals surface area contributed by atoms with Crippen molar-refractivity contribution in [3.05, 3.63) is 52.9 Å². The van der Waals surface area contributed by atoms with Crippen molar-refractivity contribution in [2.75, 3.05) is 12.3 Å². The molecule has 1 aromatic carbocycles. The molecule has 168 valence electrons. The lowest BCUT2D eigenvalue weighted by Gasteiger charge is -2.29. The molecule has 2 fully saturated rings. The second-order valence-corrected chi connectivity index (χ2v) is 9.45. The molecule has 0 radical (unpaired) electrons. The summed E-state index contributed by atoms with van der Waals surface area (Å²) < 4.78 is 27.6. The monoisotopic (exact) mass is 456 g/mol. The number of benzene rings is 1. The average molecular weight is 457 g/mol. The summed E-state index contributed by atoms with van der Waals surface area (Å²) in [4.78, 5) is 8.54. The molecule has 5 atom stereocenters. The average Bonchev–Trinajstić information content (AvgIpc) is 3.35. The van der Waals surface area contributed by atoms with Crippen LogP contribution in [0.1, 0.15) is 43.7 Å². The molecule has 0 spiro atoms.